The van der Waals surface area contributed by atoms with Crippen molar-refractivity contribution in [3.05, 3.63) is 144 Å². The number of ether oxygens (including phenoxy) is 5. The molecule has 5 rings (SSSR count). The van der Waals surface area contributed by atoms with E-state index in [0.717, 1.165) is 28.7 Å². The molecule has 1 saturated heterocycles. The normalized spacial score (nSPS) is 21.0. The summed E-state index contributed by atoms with van der Waals surface area (Å²) < 4.78 is 94.5. The Hall–Kier alpha value is -3.55. The highest BCUT2D eigenvalue weighted by atomic mass is 32.2. The molecular weight excluding hydrogens is 678 g/mol. The molecule has 0 aliphatic carbocycles. The molecule has 1 heterocycles. The number of unbranched alkanes of at least 4 members (excludes halogenated alkanes) is 2. The fourth-order valence-electron chi connectivity index (χ4n) is 5.74. The summed E-state index contributed by atoms with van der Waals surface area (Å²) in [6, 6.07) is 37.4. The van der Waals surface area contributed by atoms with Crippen LogP contribution in [0.3, 0.4) is 0 Å². The topological polar surface area (TPSA) is 89.5 Å². The summed E-state index contributed by atoms with van der Waals surface area (Å²) in [6.07, 6.45) is -5.44. The number of halogens is 2. The molecule has 1 fully saturated rings. The molecule has 0 amide bonds. The van der Waals surface area contributed by atoms with E-state index in [1.54, 1.807) is 0 Å². The number of alkyl halides is 2. The van der Waals surface area contributed by atoms with E-state index in [0.29, 0.717) is 12.8 Å². The minimum atomic E-state index is -5.32. The Morgan fingerprint density at radius 3 is 1.45 bits per heavy atom. The molecule has 8 nitrogen and oxygen atoms in total. The number of benzene rings is 4. The Bertz CT molecular complexity index is 1660. The maximum atomic E-state index is 15.9. The first kappa shape index (κ1) is 38.7. The Morgan fingerprint density at radius 1 is 0.588 bits per heavy atom. The second kappa shape index (κ2) is 19.3. The minimum absolute atomic E-state index is 0.0172. The van der Waals surface area contributed by atoms with E-state index in [4.69, 9.17) is 27.9 Å². The van der Waals surface area contributed by atoms with E-state index in [2.05, 4.69) is 0 Å². The molecule has 0 aromatic heterocycles. The van der Waals surface area contributed by atoms with Gasteiger partial charge in [-0.1, -0.05) is 141 Å². The van der Waals surface area contributed by atoms with Crippen LogP contribution in [0, 0.1) is 0 Å². The van der Waals surface area contributed by atoms with Crippen molar-refractivity contribution in [2.45, 2.75) is 95.0 Å². The summed E-state index contributed by atoms with van der Waals surface area (Å²) in [5.41, 5.74) is 3.29. The summed E-state index contributed by atoms with van der Waals surface area (Å²) in [5.74, 6) is 0. The zero-order valence-electron chi connectivity index (χ0n) is 28.7. The van der Waals surface area contributed by atoms with Crippen LogP contribution in [0.4, 0.5) is 8.78 Å². The first-order chi connectivity index (χ1) is 24.8. The zero-order chi connectivity index (χ0) is 35.9. The lowest BCUT2D eigenvalue weighted by atomic mass is 9.95. The summed E-state index contributed by atoms with van der Waals surface area (Å²) in [5, 5.41) is -4.32. The van der Waals surface area contributed by atoms with E-state index in [-0.39, 0.29) is 33.0 Å². The molecule has 5 atom stereocenters. The van der Waals surface area contributed by atoms with Crippen molar-refractivity contribution in [1.29, 1.82) is 0 Å². The van der Waals surface area contributed by atoms with Crippen molar-refractivity contribution in [1.82, 2.24) is 0 Å². The third-order valence-corrected chi connectivity index (χ3v) is 9.87. The first-order valence-electron chi connectivity index (χ1n) is 17.3. The molecule has 4 aromatic carbocycles. The molecule has 1 aliphatic heterocycles. The summed E-state index contributed by atoms with van der Waals surface area (Å²) >= 11 is 0. The predicted octanol–water partition coefficient (Wildman–Crippen LogP) is 8.20. The van der Waals surface area contributed by atoms with E-state index < -0.39 is 52.5 Å². The van der Waals surface area contributed by atoms with Gasteiger partial charge >= 0.3 is 15.4 Å². The first-order valence-corrected chi connectivity index (χ1v) is 18.7. The smallest absolute Gasteiger partial charge is 0.368 e. The van der Waals surface area contributed by atoms with Crippen LogP contribution in [-0.4, -0.2) is 51.0 Å². The maximum Gasteiger partial charge on any atom is 0.372 e. The van der Waals surface area contributed by atoms with Gasteiger partial charge in [0, 0.05) is 0 Å². The summed E-state index contributed by atoms with van der Waals surface area (Å²) in [7, 11) is -5.32. The van der Waals surface area contributed by atoms with Gasteiger partial charge in [0.15, 0.2) is 6.29 Å². The lowest BCUT2D eigenvalue weighted by Gasteiger charge is -2.46. The Kier molecular flexibility index (Phi) is 14.7. The highest BCUT2D eigenvalue weighted by molar-refractivity contribution is 7.87. The van der Waals surface area contributed by atoms with Crippen LogP contribution in [-0.2, 0) is 64.4 Å². The van der Waals surface area contributed by atoms with E-state index in [1.807, 2.05) is 128 Å². The number of hydrogen-bond acceptors (Lipinski definition) is 8. The summed E-state index contributed by atoms with van der Waals surface area (Å²) in [4.78, 5) is 0. The fraction of sp³-hybridized carbons (Fsp3) is 0.400. The molecule has 4 aromatic rings. The van der Waals surface area contributed by atoms with Gasteiger partial charge < -0.3 is 23.7 Å². The van der Waals surface area contributed by atoms with E-state index in [1.165, 1.54) is 0 Å². The second-order valence-electron chi connectivity index (χ2n) is 12.4. The van der Waals surface area contributed by atoms with Gasteiger partial charge in [0.2, 0.25) is 0 Å². The highest BCUT2D eigenvalue weighted by Crippen LogP contribution is 2.38. The van der Waals surface area contributed by atoms with Gasteiger partial charge in [-0.15, -0.1) is 0 Å². The average Bonchev–Trinajstić information content (AvgIpc) is 3.15. The molecule has 0 unspecified atom stereocenters. The van der Waals surface area contributed by atoms with Crippen molar-refractivity contribution in [3.63, 3.8) is 0 Å². The molecule has 11 heteroatoms. The fourth-order valence-corrected chi connectivity index (χ4v) is 6.62. The minimum Gasteiger partial charge on any atom is -0.368 e. The Morgan fingerprint density at radius 2 is 1.00 bits per heavy atom. The number of rotatable bonds is 20. The van der Waals surface area contributed by atoms with Crippen LogP contribution in [0.2, 0.25) is 0 Å². The largest absolute Gasteiger partial charge is 0.372 e. The van der Waals surface area contributed by atoms with Crippen LogP contribution in [0.1, 0.15) is 54.9 Å². The van der Waals surface area contributed by atoms with Gasteiger partial charge in [-0.2, -0.15) is 17.2 Å². The molecule has 0 bridgehead atoms. The Balaban J connectivity index is 1.50. The van der Waals surface area contributed by atoms with Gasteiger partial charge in [-0.25, -0.2) is 0 Å². The summed E-state index contributed by atoms with van der Waals surface area (Å²) in [6.45, 7) is 1.89. The van der Waals surface area contributed by atoms with Crippen molar-refractivity contribution < 1.29 is 45.1 Å². The van der Waals surface area contributed by atoms with Gasteiger partial charge in [-0.3, -0.25) is 4.18 Å². The van der Waals surface area contributed by atoms with Crippen molar-refractivity contribution in [3.8, 4) is 0 Å². The number of hydrogen-bond donors (Lipinski definition) is 0. The molecule has 0 spiro atoms. The van der Waals surface area contributed by atoms with Crippen LogP contribution in [0.25, 0.3) is 0 Å². The van der Waals surface area contributed by atoms with Gasteiger partial charge in [0.1, 0.15) is 18.3 Å². The maximum absolute atomic E-state index is 15.9. The van der Waals surface area contributed by atoms with Crippen molar-refractivity contribution >= 4 is 10.1 Å². The zero-order valence-corrected chi connectivity index (χ0v) is 29.5. The highest BCUT2D eigenvalue weighted by Gasteiger charge is 2.55. The molecule has 0 radical (unpaired) electrons. The van der Waals surface area contributed by atoms with E-state index in [9.17, 15) is 8.42 Å². The standard InChI is InChI=1S/C40H46F2O8S/c1-2-3-16-25-49-51(43,44)40(41,42)26-35-36(45-27-31-17-8-4-9-18-31)37(46-28-32-19-10-5-11-20-32)38(47-29-33-21-12-6-13-22-33)39(50-35)48-30-34-23-14-7-15-24-34/h4-15,17-24,35-39H,2-3,16,25-30H2,1H3/t35-,36-,37+,38-,39-/m1/s1. The van der Waals surface area contributed by atoms with Gasteiger partial charge in [-0.05, 0) is 28.7 Å². The SMILES string of the molecule is CCCCCOS(=O)(=O)C(F)(F)C[C@H]1O[C@@H](OCc2ccccc2)[C@H](OCc2ccccc2)[C@@H](OCc2ccccc2)[C@@H]1OCc1ccccc1. The predicted molar refractivity (Wildman–Crippen MR) is 189 cm³/mol. The third-order valence-electron chi connectivity index (χ3n) is 8.50. The van der Waals surface area contributed by atoms with Gasteiger partial charge in [0.25, 0.3) is 0 Å². The molecule has 1 aliphatic rings. The molecule has 51 heavy (non-hydrogen) atoms. The quantitative estimate of drug-likeness (QED) is 0.0666. The lowest BCUT2D eigenvalue weighted by Crippen LogP contribution is -2.61. The monoisotopic (exact) mass is 724 g/mol. The molecular formula is C40H46F2O8S. The van der Waals surface area contributed by atoms with E-state index >= 15 is 8.78 Å². The molecule has 274 valence electrons. The van der Waals surface area contributed by atoms with Crippen LogP contribution >= 0.6 is 0 Å². The van der Waals surface area contributed by atoms with Crippen molar-refractivity contribution in [2.75, 3.05) is 6.61 Å². The van der Waals surface area contributed by atoms with Crippen molar-refractivity contribution in [2.24, 2.45) is 0 Å². The lowest BCUT2D eigenvalue weighted by molar-refractivity contribution is -0.329. The van der Waals surface area contributed by atoms with Crippen LogP contribution in [0.5, 0.6) is 0 Å². The molecule has 0 saturated carbocycles. The Labute approximate surface area is 299 Å². The second-order valence-corrected chi connectivity index (χ2v) is 14.2. The van der Waals surface area contributed by atoms with Crippen LogP contribution < -0.4 is 0 Å². The third kappa shape index (κ3) is 11.5. The molecule has 0 N–H and O–H groups in total. The van der Waals surface area contributed by atoms with Crippen LogP contribution in [0.15, 0.2) is 121 Å². The van der Waals surface area contributed by atoms with Gasteiger partial charge in [0.05, 0.1) is 45.6 Å². The average molecular weight is 725 g/mol.